The first-order valence-corrected chi connectivity index (χ1v) is 5.51. The standard InChI is InChI=1S/C11H14N4O4/c12-9(16)2-1-5-13-11(19)15-7-3-4-8(10(17)18)14-6-7/h3-4,6H,1-2,5H2,(H2,12,16)(H,17,18)(H2,13,15,19). The van der Waals surface area contributed by atoms with E-state index in [2.05, 4.69) is 15.6 Å². The molecule has 19 heavy (non-hydrogen) atoms. The van der Waals surface area contributed by atoms with Crippen molar-refractivity contribution < 1.29 is 19.5 Å². The lowest BCUT2D eigenvalue weighted by atomic mass is 10.3. The molecule has 0 saturated carbocycles. The van der Waals surface area contributed by atoms with Crippen molar-refractivity contribution in [3.8, 4) is 0 Å². The minimum absolute atomic E-state index is 0.104. The third-order valence-corrected chi connectivity index (χ3v) is 2.13. The van der Waals surface area contributed by atoms with E-state index in [1.807, 2.05) is 0 Å². The van der Waals surface area contributed by atoms with E-state index >= 15 is 0 Å². The third-order valence-electron chi connectivity index (χ3n) is 2.13. The van der Waals surface area contributed by atoms with Crippen LogP contribution in [-0.2, 0) is 4.79 Å². The largest absolute Gasteiger partial charge is 0.477 e. The molecule has 1 aromatic rings. The summed E-state index contributed by atoms with van der Waals surface area (Å²) in [6.07, 6.45) is 1.90. The molecule has 102 valence electrons. The Morgan fingerprint density at radius 1 is 1.32 bits per heavy atom. The zero-order chi connectivity index (χ0) is 14.3. The quantitative estimate of drug-likeness (QED) is 0.544. The van der Waals surface area contributed by atoms with Gasteiger partial charge in [0.15, 0.2) is 0 Å². The summed E-state index contributed by atoms with van der Waals surface area (Å²) in [5, 5.41) is 13.6. The number of pyridine rings is 1. The number of rotatable bonds is 6. The van der Waals surface area contributed by atoms with Crippen LogP contribution in [0.1, 0.15) is 23.3 Å². The van der Waals surface area contributed by atoms with Crippen LogP contribution in [0.3, 0.4) is 0 Å². The summed E-state index contributed by atoms with van der Waals surface area (Å²) in [5.74, 6) is -1.56. The van der Waals surface area contributed by atoms with E-state index in [1.54, 1.807) is 0 Å². The van der Waals surface area contributed by atoms with Crippen molar-refractivity contribution in [2.24, 2.45) is 5.73 Å². The van der Waals surface area contributed by atoms with Gasteiger partial charge in [-0.25, -0.2) is 14.6 Å². The van der Waals surface area contributed by atoms with E-state index in [4.69, 9.17) is 10.8 Å². The molecule has 0 atom stereocenters. The highest BCUT2D eigenvalue weighted by atomic mass is 16.4. The molecular weight excluding hydrogens is 252 g/mol. The molecule has 0 aliphatic carbocycles. The second-order valence-corrected chi connectivity index (χ2v) is 3.69. The van der Waals surface area contributed by atoms with Crippen molar-refractivity contribution >= 4 is 23.6 Å². The SMILES string of the molecule is NC(=O)CCCNC(=O)Nc1ccc(C(=O)O)nc1. The van der Waals surface area contributed by atoms with Gasteiger partial charge in [0.25, 0.3) is 0 Å². The van der Waals surface area contributed by atoms with Crippen LogP contribution in [0.15, 0.2) is 18.3 Å². The lowest BCUT2D eigenvalue weighted by Crippen LogP contribution is -2.30. The fourth-order valence-corrected chi connectivity index (χ4v) is 1.23. The highest BCUT2D eigenvalue weighted by molar-refractivity contribution is 5.90. The number of urea groups is 1. The van der Waals surface area contributed by atoms with E-state index in [0.717, 1.165) is 0 Å². The second kappa shape index (κ2) is 6.94. The topological polar surface area (TPSA) is 134 Å². The molecule has 1 heterocycles. The van der Waals surface area contributed by atoms with E-state index in [-0.39, 0.29) is 12.1 Å². The smallest absolute Gasteiger partial charge is 0.354 e. The van der Waals surface area contributed by atoms with Crippen molar-refractivity contribution in [1.29, 1.82) is 0 Å². The molecule has 1 rings (SSSR count). The van der Waals surface area contributed by atoms with Crippen LogP contribution in [0, 0.1) is 0 Å². The van der Waals surface area contributed by atoms with Gasteiger partial charge < -0.3 is 21.5 Å². The second-order valence-electron chi connectivity index (χ2n) is 3.69. The number of carboxylic acid groups (broad SMARTS) is 1. The Balaban J connectivity index is 2.35. The number of hydrogen-bond donors (Lipinski definition) is 4. The Labute approximate surface area is 109 Å². The highest BCUT2D eigenvalue weighted by Gasteiger charge is 2.05. The van der Waals surface area contributed by atoms with Gasteiger partial charge in [-0.05, 0) is 18.6 Å². The van der Waals surface area contributed by atoms with Crippen LogP contribution in [0.25, 0.3) is 0 Å². The first-order chi connectivity index (χ1) is 8.99. The fourth-order valence-electron chi connectivity index (χ4n) is 1.23. The summed E-state index contributed by atoms with van der Waals surface area (Å²) < 4.78 is 0. The first kappa shape index (κ1) is 14.4. The first-order valence-electron chi connectivity index (χ1n) is 5.51. The van der Waals surface area contributed by atoms with Gasteiger partial charge in [-0.2, -0.15) is 0 Å². The molecule has 0 aliphatic rings. The van der Waals surface area contributed by atoms with Gasteiger partial charge in [0.05, 0.1) is 11.9 Å². The van der Waals surface area contributed by atoms with Crippen molar-refractivity contribution in [1.82, 2.24) is 10.3 Å². The summed E-state index contributed by atoms with van der Waals surface area (Å²) in [6.45, 7) is 0.315. The Bertz CT molecular complexity index is 472. The number of nitrogens with zero attached hydrogens (tertiary/aromatic N) is 1. The zero-order valence-electron chi connectivity index (χ0n) is 10.0. The number of anilines is 1. The molecule has 0 saturated heterocycles. The van der Waals surface area contributed by atoms with Crippen molar-refractivity contribution in [3.63, 3.8) is 0 Å². The molecule has 0 aliphatic heterocycles. The number of primary amides is 1. The summed E-state index contributed by atoms with van der Waals surface area (Å²) in [6, 6.07) is 2.25. The van der Waals surface area contributed by atoms with Gasteiger partial charge in [-0.1, -0.05) is 0 Å². The van der Waals surface area contributed by atoms with E-state index in [1.165, 1.54) is 18.3 Å². The van der Waals surface area contributed by atoms with Crippen molar-refractivity contribution in [2.45, 2.75) is 12.8 Å². The highest BCUT2D eigenvalue weighted by Crippen LogP contribution is 2.05. The Morgan fingerprint density at radius 2 is 2.05 bits per heavy atom. The predicted molar refractivity (Wildman–Crippen MR) is 66.6 cm³/mol. The van der Waals surface area contributed by atoms with Gasteiger partial charge >= 0.3 is 12.0 Å². The number of carbonyl (C=O) groups excluding carboxylic acids is 2. The van der Waals surface area contributed by atoms with Gasteiger partial charge in [0.2, 0.25) is 5.91 Å². The zero-order valence-corrected chi connectivity index (χ0v) is 10.0. The molecule has 8 heteroatoms. The van der Waals surface area contributed by atoms with Crippen LogP contribution < -0.4 is 16.4 Å². The maximum absolute atomic E-state index is 11.4. The van der Waals surface area contributed by atoms with Gasteiger partial charge in [0, 0.05) is 13.0 Å². The maximum atomic E-state index is 11.4. The minimum atomic E-state index is -1.14. The van der Waals surface area contributed by atoms with E-state index in [0.29, 0.717) is 18.7 Å². The number of carboxylic acids is 1. The number of carbonyl (C=O) groups is 3. The van der Waals surface area contributed by atoms with Gasteiger partial charge in [-0.3, -0.25) is 4.79 Å². The van der Waals surface area contributed by atoms with Gasteiger partial charge in [-0.15, -0.1) is 0 Å². The number of nitrogens with one attached hydrogen (secondary N) is 2. The lowest BCUT2D eigenvalue weighted by Gasteiger charge is -2.06. The molecule has 3 amide bonds. The molecule has 0 aromatic carbocycles. The molecule has 0 fully saturated rings. The van der Waals surface area contributed by atoms with E-state index < -0.39 is 17.9 Å². The average Bonchev–Trinajstić information content (AvgIpc) is 2.35. The van der Waals surface area contributed by atoms with Crippen LogP contribution in [0.5, 0.6) is 0 Å². The molecule has 1 aromatic heterocycles. The molecular formula is C11H14N4O4. The third kappa shape index (κ3) is 5.48. The minimum Gasteiger partial charge on any atom is -0.477 e. The summed E-state index contributed by atoms with van der Waals surface area (Å²) in [7, 11) is 0. The normalized spacial score (nSPS) is 9.68. The number of aromatic nitrogens is 1. The Hall–Kier alpha value is -2.64. The van der Waals surface area contributed by atoms with Crippen LogP contribution in [0.2, 0.25) is 0 Å². The molecule has 0 unspecified atom stereocenters. The summed E-state index contributed by atoms with van der Waals surface area (Å²) in [5.41, 5.74) is 5.22. The van der Waals surface area contributed by atoms with Crippen LogP contribution in [-0.4, -0.2) is 34.5 Å². The monoisotopic (exact) mass is 266 g/mol. The number of amides is 3. The average molecular weight is 266 g/mol. The van der Waals surface area contributed by atoms with E-state index in [9.17, 15) is 14.4 Å². The van der Waals surface area contributed by atoms with Crippen LogP contribution in [0.4, 0.5) is 10.5 Å². The van der Waals surface area contributed by atoms with Crippen molar-refractivity contribution in [3.05, 3.63) is 24.0 Å². The summed E-state index contributed by atoms with van der Waals surface area (Å²) in [4.78, 5) is 36.1. The molecule has 5 N–H and O–H groups in total. The maximum Gasteiger partial charge on any atom is 0.354 e. The Morgan fingerprint density at radius 3 is 2.58 bits per heavy atom. The fraction of sp³-hybridized carbons (Fsp3) is 0.273. The Kier molecular flexibility index (Phi) is 5.27. The molecule has 0 spiro atoms. The lowest BCUT2D eigenvalue weighted by molar-refractivity contribution is -0.118. The number of hydrogen-bond acceptors (Lipinski definition) is 4. The van der Waals surface area contributed by atoms with Crippen molar-refractivity contribution in [2.75, 3.05) is 11.9 Å². The molecule has 0 radical (unpaired) electrons. The van der Waals surface area contributed by atoms with Crippen LogP contribution >= 0.6 is 0 Å². The summed E-state index contributed by atoms with van der Waals surface area (Å²) >= 11 is 0. The molecule has 0 bridgehead atoms. The number of aromatic carboxylic acids is 1. The number of nitrogens with two attached hydrogens (primary N) is 1. The molecule has 8 nitrogen and oxygen atoms in total. The van der Waals surface area contributed by atoms with Gasteiger partial charge in [0.1, 0.15) is 5.69 Å². The predicted octanol–water partition coefficient (Wildman–Crippen LogP) is 0.167.